The summed E-state index contributed by atoms with van der Waals surface area (Å²) < 4.78 is 11.7. The number of hydrogen-bond acceptors (Lipinski definition) is 6. The molecule has 2 aliphatic heterocycles. The summed E-state index contributed by atoms with van der Waals surface area (Å²) in [5.41, 5.74) is 5.41. The lowest BCUT2D eigenvalue weighted by atomic mass is 9.81. The van der Waals surface area contributed by atoms with Gasteiger partial charge in [-0.15, -0.1) is 0 Å². The summed E-state index contributed by atoms with van der Waals surface area (Å²) in [4.78, 5) is 34.8. The Kier molecular flexibility index (Phi) is 6.16. The van der Waals surface area contributed by atoms with Crippen molar-refractivity contribution in [1.29, 1.82) is 0 Å². The van der Waals surface area contributed by atoms with Crippen molar-refractivity contribution in [3.8, 4) is 11.1 Å². The molecule has 190 valence electrons. The number of rotatable bonds is 5. The number of hydrogen-bond donors (Lipinski definition) is 0. The molecule has 3 aromatic rings. The first-order valence-electron chi connectivity index (χ1n) is 12.9. The normalized spacial score (nSPS) is 22.2. The van der Waals surface area contributed by atoms with Crippen LogP contribution in [-0.2, 0) is 9.47 Å². The van der Waals surface area contributed by atoms with Crippen LogP contribution in [0.15, 0.2) is 66.9 Å². The molecular weight excluding hydrogens is 466 g/mol. The van der Waals surface area contributed by atoms with Gasteiger partial charge < -0.3 is 14.4 Å². The zero-order valence-corrected chi connectivity index (χ0v) is 21.2. The van der Waals surface area contributed by atoms with Crippen LogP contribution in [0.2, 0.25) is 0 Å². The number of benzene rings is 2. The van der Waals surface area contributed by atoms with Gasteiger partial charge in [-0.3, -0.25) is 9.69 Å². The monoisotopic (exact) mass is 497 g/mol. The minimum atomic E-state index is -0.317. The number of fused-ring (bicyclic) bond motifs is 5. The third-order valence-electron chi connectivity index (χ3n) is 7.93. The highest BCUT2D eigenvalue weighted by atomic mass is 16.6. The molecule has 2 atom stereocenters. The van der Waals surface area contributed by atoms with Gasteiger partial charge in [0.2, 0.25) is 0 Å². The van der Waals surface area contributed by atoms with Crippen LogP contribution in [0, 0.1) is 5.92 Å². The highest BCUT2D eigenvalue weighted by Gasteiger charge is 2.45. The molecule has 0 radical (unpaired) electrons. The maximum absolute atomic E-state index is 13.4. The topological polar surface area (TPSA) is 72.0 Å². The molecule has 1 aliphatic carbocycles. The molecule has 2 saturated heterocycles. The number of Topliss-reactive ketones (excluding diaryl/α,β-unsaturated/α-hetero) is 1. The van der Waals surface area contributed by atoms with Gasteiger partial charge in [-0.1, -0.05) is 48.5 Å². The van der Waals surface area contributed by atoms with E-state index in [2.05, 4.69) is 29.2 Å². The minimum Gasteiger partial charge on any atom is -0.448 e. The van der Waals surface area contributed by atoms with E-state index in [1.54, 1.807) is 6.20 Å². The van der Waals surface area contributed by atoms with Crippen molar-refractivity contribution in [1.82, 2.24) is 9.88 Å². The molecule has 2 bridgehead atoms. The van der Waals surface area contributed by atoms with Crippen LogP contribution in [0.25, 0.3) is 11.1 Å². The molecule has 1 amide bonds. The van der Waals surface area contributed by atoms with E-state index in [9.17, 15) is 9.59 Å². The zero-order valence-electron chi connectivity index (χ0n) is 21.2. The maximum Gasteiger partial charge on any atom is 0.410 e. The molecule has 2 aromatic carbocycles. The fourth-order valence-corrected chi connectivity index (χ4v) is 6.13. The van der Waals surface area contributed by atoms with E-state index in [4.69, 9.17) is 9.47 Å². The molecule has 7 nitrogen and oxygen atoms in total. The van der Waals surface area contributed by atoms with Crippen molar-refractivity contribution in [3.63, 3.8) is 0 Å². The fourth-order valence-electron chi connectivity index (χ4n) is 6.13. The van der Waals surface area contributed by atoms with Gasteiger partial charge in [-0.05, 0) is 47.2 Å². The van der Waals surface area contributed by atoms with Gasteiger partial charge in [0, 0.05) is 37.7 Å². The number of ketones is 1. The van der Waals surface area contributed by atoms with Crippen molar-refractivity contribution >= 4 is 17.7 Å². The number of carbonyl (C=O) groups excluding carboxylic acids is 2. The quantitative estimate of drug-likeness (QED) is 0.474. The van der Waals surface area contributed by atoms with Crippen LogP contribution in [0.4, 0.5) is 10.6 Å². The smallest absolute Gasteiger partial charge is 0.410 e. The second kappa shape index (κ2) is 9.63. The molecule has 0 N–H and O–H groups in total. The molecule has 37 heavy (non-hydrogen) atoms. The van der Waals surface area contributed by atoms with Gasteiger partial charge in [0.15, 0.2) is 5.78 Å². The lowest BCUT2D eigenvalue weighted by Crippen LogP contribution is -2.60. The number of pyridine rings is 1. The second-order valence-corrected chi connectivity index (χ2v) is 10.4. The Morgan fingerprint density at radius 3 is 2.14 bits per heavy atom. The molecule has 6 rings (SSSR count). The SMILES string of the molecule is CN(C)c1ccc(C(=O)C2CC3COCC(C2)N3C(=O)OCC2c3ccccc3-c3ccccc32)cn1. The van der Waals surface area contributed by atoms with Gasteiger partial charge in [-0.25, -0.2) is 9.78 Å². The number of piperidine rings is 1. The average molecular weight is 498 g/mol. The number of anilines is 1. The predicted octanol–water partition coefficient (Wildman–Crippen LogP) is 4.76. The Morgan fingerprint density at radius 1 is 0.946 bits per heavy atom. The van der Waals surface area contributed by atoms with Crippen molar-refractivity contribution < 1.29 is 19.1 Å². The lowest BCUT2D eigenvalue weighted by molar-refractivity contribution is -0.0747. The summed E-state index contributed by atoms with van der Waals surface area (Å²) in [6, 6.07) is 20.0. The third-order valence-corrected chi connectivity index (χ3v) is 7.93. The van der Waals surface area contributed by atoms with E-state index in [1.807, 2.05) is 60.3 Å². The van der Waals surface area contributed by atoms with E-state index in [0.717, 1.165) is 5.82 Å². The molecule has 7 heteroatoms. The molecule has 3 heterocycles. The van der Waals surface area contributed by atoms with E-state index in [-0.39, 0.29) is 42.4 Å². The largest absolute Gasteiger partial charge is 0.448 e. The Bertz CT molecular complexity index is 1260. The Labute approximate surface area is 217 Å². The van der Waals surface area contributed by atoms with Gasteiger partial charge in [-0.2, -0.15) is 0 Å². The molecule has 0 spiro atoms. The standard InChI is InChI=1S/C30H31N3O4/c1-32(2)28-12-11-19(15-31-28)29(34)20-13-21-16-36-17-22(14-20)33(21)30(35)37-18-27-25-9-5-3-7-23(25)24-8-4-6-10-26(24)27/h3-12,15,20-22,27H,13-14,16-18H2,1-2H3. The first-order valence-corrected chi connectivity index (χ1v) is 12.9. The van der Waals surface area contributed by atoms with Crippen LogP contribution >= 0.6 is 0 Å². The minimum absolute atomic E-state index is 0.0178. The molecule has 2 unspecified atom stereocenters. The summed E-state index contributed by atoms with van der Waals surface area (Å²) in [6.07, 6.45) is 2.47. The zero-order chi connectivity index (χ0) is 25.5. The highest BCUT2D eigenvalue weighted by Crippen LogP contribution is 2.44. The third kappa shape index (κ3) is 4.27. The number of ether oxygens (including phenoxy) is 2. The summed E-state index contributed by atoms with van der Waals surface area (Å²) in [5, 5.41) is 0. The number of carbonyl (C=O) groups is 2. The fraction of sp³-hybridized carbons (Fsp3) is 0.367. The number of morpholine rings is 1. The van der Waals surface area contributed by atoms with E-state index < -0.39 is 0 Å². The number of nitrogens with zero attached hydrogens (tertiary/aromatic N) is 3. The summed E-state index contributed by atoms with van der Waals surface area (Å²) in [7, 11) is 3.84. The van der Waals surface area contributed by atoms with Crippen LogP contribution in [0.1, 0.15) is 40.2 Å². The van der Waals surface area contributed by atoms with Crippen LogP contribution in [0.5, 0.6) is 0 Å². The maximum atomic E-state index is 13.4. The van der Waals surface area contributed by atoms with Crippen molar-refractivity contribution in [2.24, 2.45) is 5.92 Å². The van der Waals surface area contributed by atoms with Crippen molar-refractivity contribution in [3.05, 3.63) is 83.6 Å². The van der Waals surface area contributed by atoms with Crippen molar-refractivity contribution in [2.75, 3.05) is 38.8 Å². The molecule has 1 aromatic heterocycles. The number of amides is 1. The Hall–Kier alpha value is -3.71. The van der Waals surface area contributed by atoms with Gasteiger partial charge >= 0.3 is 6.09 Å². The molecule has 0 saturated carbocycles. The summed E-state index contributed by atoms with van der Waals surface area (Å²) in [5.74, 6) is 0.751. The van der Waals surface area contributed by atoms with Gasteiger partial charge in [0.1, 0.15) is 12.4 Å². The predicted molar refractivity (Wildman–Crippen MR) is 141 cm³/mol. The van der Waals surface area contributed by atoms with Gasteiger partial charge in [0.25, 0.3) is 0 Å². The average Bonchev–Trinajstić information content (AvgIpc) is 3.24. The van der Waals surface area contributed by atoms with Crippen LogP contribution in [-0.4, -0.2) is 67.8 Å². The van der Waals surface area contributed by atoms with Crippen molar-refractivity contribution in [2.45, 2.75) is 30.8 Å². The Morgan fingerprint density at radius 2 is 1.57 bits per heavy atom. The Balaban J connectivity index is 1.14. The van der Waals surface area contributed by atoms with Crippen LogP contribution < -0.4 is 4.90 Å². The van der Waals surface area contributed by atoms with E-state index in [1.165, 1.54) is 22.3 Å². The summed E-state index contributed by atoms with van der Waals surface area (Å²) in [6.45, 7) is 1.13. The molecule has 3 aliphatic rings. The van der Waals surface area contributed by atoms with Gasteiger partial charge in [0.05, 0.1) is 25.3 Å². The van der Waals surface area contributed by atoms with E-state index >= 15 is 0 Å². The highest BCUT2D eigenvalue weighted by molar-refractivity contribution is 5.98. The summed E-state index contributed by atoms with van der Waals surface area (Å²) >= 11 is 0. The first-order chi connectivity index (χ1) is 18.0. The van der Waals surface area contributed by atoms with Crippen LogP contribution in [0.3, 0.4) is 0 Å². The number of aromatic nitrogens is 1. The lowest BCUT2D eigenvalue weighted by Gasteiger charge is -2.47. The van der Waals surface area contributed by atoms with E-state index in [0.29, 0.717) is 31.6 Å². The second-order valence-electron chi connectivity index (χ2n) is 10.4. The first kappa shape index (κ1) is 23.7. The molecular formula is C30H31N3O4. The molecule has 2 fully saturated rings.